The Balaban J connectivity index is 1.37. The van der Waals surface area contributed by atoms with E-state index in [0.29, 0.717) is 34.8 Å². The first-order valence-corrected chi connectivity index (χ1v) is 9.70. The minimum atomic E-state index is -0.678. The normalized spacial score (nSPS) is 12.1. The highest BCUT2D eigenvalue weighted by molar-refractivity contribution is 5.77. The van der Waals surface area contributed by atoms with Gasteiger partial charge >= 0.3 is 5.97 Å². The van der Waals surface area contributed by atoms with E-state index in [-0.39, 0.29) is 12.0 Å². The smallest absolute Gasteiger partial charge is 0.307 e. The Hall–Kier alpha value is -3.74. The quantitative estimate of drug-likeness (QED) is 0.486. The maximum atomic E-state index is 12.3. The third-order valence-corrected chi connectivity index (χ3v) is 4.76. The predicted octanol–water partition coefficient (Wildman–Crippen LogP) is 4.12. The molecule has 0 aliphatic heterocycles. The van der Waals surface area contributed by atoms with E-state index in [4.69, 9.17) is 9.15 Å². The number of benzene rings is 2. The van der Waals surface area contributed by atoms with Crippen LogP contribution >= 0.6 is 0 Å². The topological polar surface area (TPSA) is 98.1 Å². The average molecular weight is 403 g/mol. The fourth-order valence-corrected chi connectivity index (χ4v) is 3.10. The summed E-state index contributed by atoms with van der Waals surface area (Å²) in [7, 11) is 0. The zero-order valence-electron chi connectivity index (χ0n) is 16.7. The molecule has 30 heavy (non-hydrogen) atoms. The summed E-state index contributed by atoms with van der Waals surface area (Å²) in [6.07, 6.45) is 1.40. The second-order valence-electron chi connectivity index (χ2n) is 7.08. The largest absolute Gasteiger partial charge is 0.454 e. The summed E-state index contributed by atoms with van der Waals surface area (Å²) < 4.78 is 11.2. The van der Waals surface area contributed by atoms with Crippen LogP contribution in [0.5, 0.6) is 0 Å². The molecule has 0 saturated heterocycles. The second kappa shape index (κ2) is 8.32. The van der Waals surface area contributed by atoms with Crippen molar-refractivity contribution in [1.29, 1.82) is 0 Å². The van der Waals surface area contributed by atoms with Gasteiger partial charge in [0.2, 0.25) is 0 Å². The zero-order valence-corrected chi connectivity index (χ0v) is 16.7. The number of nitrogens with zero attached hydrogens (tertiary/aromatic N) is 2. The molecule has 1 unspecified atom stereocenters. The summed E-state index contributed by atoms with van der Waals surface area (Å²) in [5.41, 5.74) is 2.39. The third-order valence-electron chi connectivity index (χ3n) is 4.76. The van der Waals surface area contributed by atoms with Crippen molar-refractivity contribution < 1.29 is 13.9 Å². The molecule has 0 amide bonds. The molecule has 0 aliphatic rings. The van der Waals surface area contributed by atoms with Crippen LogP contribution in [0.4, 0.5) is 0 Å². The standard InChI is InChI=1S/C23H21N3O4/c1-14-7-9-16(10-8-14)19-13-24-20(30-19)11-12-21(27)29-15(2)22-25-18-6-4-3-5-17(18)23(28)26-22/h3-10,13,15H,11-12H2,1-2H3,(H,25,26,28). The Morgan fingerprint density at radius 3 is 2.73 bits per heavy atom. The number of aryl methyl sites for hydroxylation is 2. The number of para-hydroxylation sites is 1. The van der Waals surface area contributed by atoms with E-state index in [9.17, 15) is 9.59 Å². The van der Waals surface area contributed by atoms with E-state index in [2.05, 4.69) is 15.0 Å². The van der Waals surface area contributed by atoms with E-state index in [1.165, 1.54) is 0 Å². The molecule has 0 radical (unpaired) electrons. The van der Waals surface area contributed by atoms with E-state index in [0.717, 1.165) is 11.1 Å². The number of carbonyl (C=O) groups excluding carboxylic acids is 1. The van der Waals surface area contributed by atoms with Gasteiger partial charge in [-0.05, 0) is 26.0 Å². The van der Waals surface area contributed by atoms with Crippen LogP contribution < -0.4 is 5.56 Å². The van der Waals surface area contributed by atoms with Crippen LogP contribution in [-0.4, -0.2) is 20.9 Å². The van der Waals surface area contributed by atoms with Gasteiger partial charge in [-0.2, -0.15) is 0 Å². The second-order valence-corrected chi connectivity index (χ2v) is 7.08. The highest BCUT2D eigenvalue weighted by atomic mass is 16.5. The van der Waals surface area contributed by atoms with Crippen molar-refractivity contribution >= 4 is 16.9 Å². The van der Waals surface area contributed by atoms with Gasteiger partial charge in [0.1, 0.15) is 0 Å². The fourth-order valence-electron chi connectivity index (χ4n) is 3.10. The molecular formula is C23H21N3O4. The van der Waals surface area contributed by atoms with Crippen molar-refractivity contribution in [1.82, 2.24) is 15.0 Å². The molecule has 0 spiro atoms. The van der Waals surface area contributed by atoms with Crippen molar-refractivity contribution in [3.63, 3.8) is 0 Å². The van der Waals surface area contributed by atoms with Crippen LogP contribution in [0.2, 0.25) is 0 Å². The average Bonchev–Trinajstić information content (AvgIpc) is 3.22. The molecule has 1 atom stereocenters. The lowest BCUT2D eigenvalue weighted by atomic mass is 10.1. The Morgan fingerprint density at radius 1 is 1.17 bits per heavy atom. The summed E-state index contributed by atoms with van der Waals surface area (Å²) in [6, 6.07) is 15.0. The molecule has 0 bridgehead atoms. The van der Waals surface area contributed by atoms with E-state index >= 15 is 0 Å². The number of rotatable bonds is 6. The minimum absolute atomic E-state index is 0.107. The lowest BCUT2D eigenvalue weighted by Crippen LogP contribution is -2.17. The Labute approximate surface area is 172 Å². The number of carbonyl (C=O) groups is 1. The summed E-state index contributed by atoms with van der Waals surface area (Å²) in [6.45, 7) is 3.69. The Morgan fingerprint density at radius 2 is 1.93 bits per heavy atom. The molecular weight excluding hydrogens is 382 g/mol. The first-order chi connectivity index (χ1) is 14.5. The Bertz CT molecular complexity index is 1240. The Kier molecular flexibility index (Phi) is 5.43. The molecule has 4 aromatic rings. The fraction of sp³-hybridized carbons (Fsp3) is 0.217. The number of hydrogen-bond donors (Lipinski definition) is 1. The van der Waals surface area contributed by atoms with Crippen molar-refractivity contribution in [2.24, 2.45) is 0 Å². The molecule has 4 rings (SSSR count). The molecule has 7 heteroatoms. The molecule has 2 aromatic heterocycles. The van der Waals surface area contributed by atoms with Gasteiger partial charge in [-0.25, -0.2) is 9.97 Å². The number of H-pyrrole nitrogens is 1. The van der Waals surface area contributed by atoms with Crippen LogP contribution in [0, 0.1) is 6.92 Å². The van der Waals surface area contributed by atoms with Gasteiger partial charge in [0.25, 0.3) is 5.56 Å². The minimum Gasteiger partial charge on any atom is -0.454 e. The van der Waals surface area contributed by atoms with Gasteiger partial charge in [0, 0.05) is 12.0 Å². The number of nitrogens with one attached hydrogen (secondary N) is 1. The number of hydrogen-bond acceptors (Lipinski definition) is 6. The van der Waals surface area contributed by atoms with Crippen molar-refractivity contribution in [2.75, 3.05) is 0 Å². The van der Waals surface area contributed by atoms with Crippen LogP contribution in [0.15, 0.2) is 63.9 Å². The number of esters is 1. The summed E-state index contributed by atoms with van der Waals surface area (Å²) in [4.78, 5) is 35.7. The molecule has 0 fully saturated rings. The number of aromatic amines is 1. The number of oxazole rings is 1. The van der Waals surface area contributed by atoms with Crippen molar-refractivity contribution in [3.05, 3.63) is 82.4 Å². The summed E-state index contributed by atoms with van der Waals surface area (Å²) >= 11 is 0. The highest BCUT2D eigenvalue weighted by Gasteiger charge is 2.16. The number of ether oxygens (including phenoxy) is 1. The lowest BCUT2D eigenvalue weighted by molar-refractivity contribution is -0.149. The first-order valence-electron chi connectivity index (χ1n) is 9.70. The molecule has 0 aliphatic carbocycles. The van der Waals surface area contributed by atoms with Gasteiger partial charge < -0.3 is 14.1 Å². The summed E-state index contributed by atoms with van der Waals surface area (Å²) in [5, 5.41) is 0.494. The number of aromatic nitrogens is 3. The maximum Gasteiger partial charge on any atom is 0.307 e. The van der Waals surface area contributed by atoms with E-state index in [1.807, 2.05) is 31.2 Å². The molecule has 2 aromatic carbocycles. The van der Waals surface area contributed by atoms with Crippen molar-refractivity contribution in [2.45, 2.75) is 32.8 Å². The number of fused-ring (bicyclic) bond motifs is 1. The predicted molar refractivity (Wildman–Crippen MR) is 112 cm³/mol. The zero-order chi connectivity index (χ0) is 21.1. The lowest BCUT2D eigenvalue weighted by Gasteiger charge is -2.12. The van der Waals surface area contributed by atoms with E-state index < -0.39 is 12.1 Å². The van der Waals surface area contributed by atoms with Gasteiger partial charge in [-0.1, -0.05) is 42.0 Å². The van der Waals surface area contributed by atoms with Crippen LogP contribution in [-0.2, 0) is 16.0 Å². The van der Waals surface area contributed by atoms with Gasteiger partial charge in [-0.15, -0.1) is 0 Å². The highest BCUT2D eigenvalue weighted by Crippen LogP contribution is 2.22. The van der Waals surface area contributed by atoms with Gasteiger partial charge in [-0.3, -0.25) is 9.59 Å². The first kappa shape index (κ1) is 19.6. The molecule has 152 valence electrons. The van der Waals surface area contributed by atoms with Gasteiger partial charge in [0.05, 0.1) is 23.5 Å². The monoisotopic (exact) mass is 403 g/mol. The molecule has 2 heterocycles. The van der Waals surface area contributed by atoms with Crippen LogP contribution in [0.25, 0.3) is 22.2 Å². The molecule has 7 nitrogen and oxygen atoms in total. The van der Waals surface area contributed by atoms with Gasteiger partial charge in [0.15, 0.2) is 23.6 Å². The van der Waals surface area contributed by atoms with Crippen LogP contribution in [0.3, 0.4) is 0 Å². The third kappa shape index (κ3) is 4.30. The molecule has 1 N–H and O–H groups in total. The van der Waals surface area contributed by atoms with Crippen LogP contribution in [0.1, 0.15) is 36.7 Å². The molecule has 0 saturated carbocycles. The SMILES string of the molecule is Cc1ccc(-c2cnc(CCC(=O)OC(C)c3nc4ccccc4c(=O)[nH]3)o2)cc1. The van der Waals surface area contributed by atoms with E-state index in [1.54, 1.807) is 37.4 Å². The summed E-state index contributed by atoms with van der Waals surface area (Å²) in [5.74, 6) is 1.01. The maximum absolute atomic E-state index is 12.3. The van der Waals surface area contributed by atoms with Crippen molar-refractivity contribution in [3.8, 4) is 11.3 Å².